The molecule has 4 nitrogen and oxygen atoms in total. The van der Waals surface area contributed by atoms with E-state index in [2.05, 4.69) is 13.8 Å². The van der Waals surface area contributed by atoms with Gasteiger partial charge in [0, 0.05) is 6.08 Å². The molecule has 0 spiro atoms. The second-order valence-corrected chi connectivity index (χ2v) is 8.85. The summed E-state index contributed by atoms with van der Waals surface area (Å²) in [5, 5.41) is 0. The average molecular weight is 459 g/mol. The molecule has 186 valence electrons. The van der Waals surface area contributed by atoms with Gasteiger partial charge in [-0.05, 0) is 43.5 Å². The third-order valence-corrected chi connectivity index (χ3v) is 5.75. The Morgan fingerprint density at radius 1 is 0.727 bits per heavy atom. The largest absolute Gasteiger partial charge is 0.494 e. The molecule has 0 bridgehead atoms. The summed E-state index contributed by atoms with van der Waals surface area (Å²) < 4.78 is 11.0. The van der Waals surface area contributed by atoms with E-state index in [0.717, 1.165) is 25.7 Å². The fourth-order valence-electron chi connectivity index (χ4n) is 3.68. The third-order valence-electron chi connectivity index (χ3n) is 5.75. The van der Waals surface area contributed by atoms with Crippen molar-refractivity contribution in [2.45, 2.75) is 117 Å². The normalized spacial score (nSPS) is 11.1. The molecule has 0 aliphatic carbocycles. The van der Waals surface area contributed by atoms with Crippen LogP contribution in [0.1, 0.15) is 117 Å². The lowest BCUT2D eigenvalue weighted by Gasteiger charge is -2.05. The molecule has 0 saturated heterocycles. The van der Waals surface area contributed by atoms with Gasteiger partial charge in [-0.15, -0.1) is 0 Å². The van der Waals surface area contributed by atoms with Gasteiger partial charge in [-0.2, -0.15) is 0 Å². The van der Waals surface area contributed by atoms with E-state index >= 15 is 0 Å². The minimum atomic E-state index is -0.514. The van der Waals surface area contributed by atoms with E-state index in [1.165, 1.54) is 95.3 Å². The number of hydrogen-bond acceptors (Lipinski definition) is 4. The topological polar surface area (TPSA) is 52.6 Å². The van der Waals surface area contributed by atoms with Gasteiger partial charge in [0.2, 0.25) is 5.43 Å². The Kier molecular flexibility index (Phi) is 18.0. The zero-order valence-electron chi connectivity index (χ0n) is 21.1. The molecule has 0 heterocycles. The van der Waals surface area contributed by atoms with E-state index in [4.69, 9.17) is 9.47 Å². The maximum atomic E-state index is 12.2. The van der Waals surface area contributed by atoms with E-state index in [1.54, 1.807) is 12.1 Å². The van der Waals surface area contributed by atoms with Crippen LogP contribution in [-0.4, -0.2) is 12.6 Å². The summed E-state index contributed by atoms with van der Waals surface area (Å²) in [6.45, 7) is 5.07. The number of esters is 1. The molecule has 33 heavy (non-hydrogen) atoms. The molecule has 0 saturated carbocycles. The molecule has 1 aromatic rings. The second-order valence-electron chi connectivity index (χ2n) is 8.85. The van der Waals surface area contributed by atoms with Gasteiger partial charge in [0.1, 0.15) is 5.75 Å². The third kappa shape index (κ3) is 16.2. The first kappa shape index (κ1) is 28.9. The van der Waals surface area contributed by atoms with Crippen molar-refractivity contribution in [3.05, 3.63) is 46.6 Å². The molecule has 0 amide bonds. The number of unbranched alkanes of at least 4 members (excludes halogenated alkanes) is 14. The highest BCUT2D eigenvalue weighted by molar-refractivity contribution is 5.83. The highest BCUT2D eigenvalue weighted by Gasteiger charge is 2.04. The van der Waals surface area contributed by atoms with Crippen LogP contribution >= 0.6 is 0 Å². The van der Waals surface area contributed by atoms with Crippen molar-refractivity contribution < 1.29 is 14.3 Å². The summed E-state index contributed by atoms with van der Waals surface area (Å²) in [5.41, 5.74) is -0.329. The molecule has 0 radical (unpaired) electrons. The molecular weight excluding hydrogens is 412 g/mol. The lowest BCUT2D eigenvalue weighted by Crippen LogP contribution is -2.10. The van der Waals surface area contributed by atoms with Crippen LogP contribution in [-0.2, 0) is 4.79 Å². The number of carbonyl (C=O) groups is 1. The van der Waals surface area contributed by atoms with Crippen LogP contribution in [0.25, 0.3) is 0 Å². The van der Waals surface area contributed by atoms with Crippen molar-refractivity contribution in [2.75, 3.05) is 6.61 Å². The number of hydrogen-bond donors (Lipinski definition) is 0. The summed E-state index contributed by atoms with van der Waals surface area (Å²) in [5.74, 6) is 0.133. The van der Waals surface area contributed by atoms with Gasteiger partial charge in [-0.25, -0.2) is 4.79 Å². The first-order valence-corrected chi connectivity index (χ1v) is 13.3. The maximum Gasteiger partial charge on any atom is 0.335 e. The molecular formula is C29H46O4. The molecule has 1 aromatic carbocycles. The van der Waals surface area contributed by atoms with Gasteiger partial charge in [0.25, 0.3) is 0 Å². The number of allylic oxidation sites excluding steroid dienone is 1. The van der Waals surface area contributed by atoms with Crippen LogP contribution in [0.15, 0.2) is 41.2 Å². The van der Waals surface area contributed by atoms with Crippen LogP contribution < -0.4 is 14.9 Å². The predicted molar refractivity (Wildman–Crippen MR) is 138 cm³/mol. The molecule has 0 aliphatic heterocycles. The van der Waals surface area contributed by atoms with Crippen LogP contribution in [0, 0.1) is 0 Å². The lowest BCUT2D eigenvalue weighted by atomic mass is 10.1. The highest BCUT2D eigenvalue weighted by atomic mass is 16.5. The van der Waals surface area contributed by atoms with Gasteiger partial charge in [0.05, 0.1) is 6.61 Å². The molecule has 0 fully saturated rings. The SMILES string of the molecule is CCCCCCCC=CC(=O)Oc1ccc(OCCCCCCCCCCCC)ccc1=O. The molecule has 1 rings (SSSR count). The molecule has 0 aromatic heterocycles. The summed E-state index contributed by atoms with van der Waals surface area (Å²) in [4.78, 5) is 24.2. The Labute approximate surface area is 201 Å². The van der Waals surface area contributed by atoms with Gasteiger partial charge in [0.15, 0.2) is 5.75 Å². The van der Waals surface area contributed by atoms with Crippen LogP contribution in [0.5, 0.6) is 11.5 Å². The minimum Gasteiger partial charge on any atom is -0.494 e. The molecule has 0 N–H and O–H groups in total. The molecule has 0 atom stereocenters. The lowest BCUT2D eigenvalue weighted by molar-refractivity contribution is -0.129. The minimum absolute atomic E-state index is 0.0291. The van der Waals surface area contributed by atoms with E-state index in [-0.39, 0.29) is 11.2 Å². The molecule has 0 aliphatic rings. The standard InChI is InChI=1S/C29H46O4/c1-3-5-7-9-11-12-13-15-17-19-25-32-26-21-23-27(30)28(24-22-26)33-29(31)20-18-16-14-10-8-6-4-2/h18,20-24H,3-17,19,25H2,1-2H3. The van der Waals surface area contributed by atoms with Crippen molar-refractivity contribution in [3.63, 3.8) is 0 Å². The van der Waals surface area contributed by atoms with Crippen molar-refractivity contribution in [1.82, 2.24) is 0 Å². The maximum absolute atomic E-state index is 12.2. The Balaban J connectivity index is 2.24. The Hall–Kier alpha value is -2.10. The Bertz CT molecular complexity index is 711. The van der Waals surface area contributed by atoms with Gasteiger partial charge in [-0.1, -0.05) is 103 Å². The van der Waals surface area contributed by atoms with E-state index in [0.29, 0.717) is 12.4 Å². The van der Waals surface area contributed by atoms with E-state index < -0.39 is 5.97 Å². The van der Waals surface area contributed by atoms with Crippen molar-refractivity contribution in [3.8, 4) is 11.5 Å². The molecule has 4 heteroatoms. The summed E-state index contributed by atoms with van der Waals surface area (Å²) >= 11 is 0. The highest BCUT2D eigenvalue weighted by Crippen LogP contribution is 2.14. The summed E-state index contributed by atoms with van der Waals surface area (Å²) in [6, 6.07) is 6.25. The molecule has 0 unspecified atom stereocenters. The monoisotopic (exact) mass is 458 g/mol. The number of ether oxygens (including phenoxy) is 2. The van der Waals surface area contributed by atoms with Crippen molar-refractivity contribution in [2.24, 2.45) is 0 Å². The zero-order valence-corrected chi connectivity index (χ0v) is 21.1. The van der Waals surface area contributed by atoms with Crippen LogP contribution in [0.3, 0.4) is 0 Å². The van der Waals surface area contributed by atoms with E-state index in [9.17, 15) is 9.59 Å². The summed E-state index contributed by atoms with van der Waals surface area (Å²) in [7, 11) is 0. The number of carbonyl (C=O) groups excluding carboxylic acids is 1. The fraction of sp³-hybridized carbons (Fsp3) is 0.655. The van der Waals surface area contributed by atoms with Gasteiger partial charge >= 0.3 is 5.97 Å². The van der Waals surface area contributed by atoms with Crippen molar-refractivity contribution in [1.29, 1.82) is 0 Å². The van der Waals surface area contributed by atoms with E-state index in [1.807, 2.05) is 6.08 Å². The van der Waals surface area contributed by atoms with Crippen molar-refractivity contribution >= 4 is 5.97 Å². The first-order valence-electron chi connectivity index (χ1n) is 13.3. The fourth-order valence-corrected chi connectivity index (χ4v) is 3.68. The summed E-state index contributed by atoms with van der Waals surface area (Å²) in [6.07, 6.45) is 22.9. The Morgan fingerprint density at radius 3 is 1.91 bits per heavy atom. The van der Waals surface area contributed by atoms with Gasteiger partial charge < -0.3 is 9.47 Å². The second kappa shape index (κ2) is 20.5. The average Bonchev–Trinajstić information content (AvgIpc) is 2.98. The zero-order chi connectivity index (χ0) is 24.0. The predicted octanol–water partition coefficient (Wildman–Crippen LogP) is 8.17. The Morgan fingerprint density at radius 2 is 1.27 bits per heavy atom. The van der Waals surface area contributed by atoms with Gasteiger partial charge in [-0.3, -0.25) is 4.79 Å². The first-order chi connectivity index (χ1) is 16.2. The van der Waals surface area contributed by atoms with Crippen LogP contribution in [0.2, 0.25) is 0 Å². The smallest absolute Gasteiger partial charge is 0.335 e. The van der Waals surface area contributed by atoms with Crippen LogP contribution in [0.4, 0.5) is 0 Å². The number of rotatable bonds is 20. The quantitative estimate of drug-likeness (QED) is 0.112.